The van der Waals surface area contributed by atoms with Crippen LogP contribution in [0.5, 0.6) is 0 Å². The lowest BCUT2D eigenvalue weighted by atomic mass is 10.1. The molecule has 0 atom stereocenters. The second-order valence-corrected chi connectivity index (χ2v) is 5.46. The zero-order valence-electron chi connectivity index (χ0n) is 14.2. The molecule has 0 aliphatic carbocycles. The van der Waals surface area contributed by atoms with Gasteiger partial charge >= 0.3 is 0 Å². The summed E-state index contributed by atoms with van der Waals surface area (Å²) in [6, 6.07) is 14.6. The van der Waals surface area contributed by atoms with Crippen LogP contribution < -0.4 is 4.90 Å². The first kappa shape index (κ1) is 18.4. The first-order chi connectivity index (χ1) is 12.1. The first-order valence-electron chi connectivity index (χ1n) is 8.19. The molecule has 0 amide bonds. The highest BCUT2D eigenvalue weighted by molar-refractivity contribution is 5.60. The normalized spacial score (nSPS) is 11.3. The van der Waals surface area contributed by atoms with E-state index < -0.39 is 4.92 Å². The van der Waals surface area contributed by atoms with Crippen molar-refractivity contribution < 1.29 is 10.0 Å². The summed E-state index contributed by atoms with van der Waals surface area (Å²) in [5, 5.41) is 19.7. The smallest absolute Gasteiger partial charge is 0.269 e. The second kappa shape index (κ2) is 9.39. The van der Waals surface area contributed by atoms with Crippen molar-refractivity contribution >= 4 is 23.5 Å². The number of rotatable bonds is 8. The van der Waals surface area contributed by atoms with Crippen molar-refractivity contribution in [1.29, 1.82) is 0 Å². The summed E-state index contributed by atoms with van der Waals surface area (Å²) in [7, 11) is 0. The molecule has 1 N–H and O–H groups in total. The Morgan fingerprint density at radius 3 is 1.96 bits per heavy atom. The van der Waals surface area contributed by atoms with Crippen LogP contribution in [0.1, 0.15) is 18.1 Å². The second-order valence-electron chi connectivity index (χ2n) is 5.46. The third-order valence-electron chi connectivity index (χ3n) is 3.80. The number of aliphatic hydroxyl groups excluding tert-OH is 1. The zero-order chi connectivity index (χ0) is 18.1. The molecule has 0 saturated heterocycles. The highest BCUT2D eigenvalue weighted by Crippen LogP contribution is 2.16. The van der Waals surface area contributed by atoms with E-state index in [9.17, 15) is 10.1 Å². The Hall–Kier alpha value is -2.92. The third kappa shape index (κ3) is 5.58. The summed E-state index contributed by atoms with van der Waals surface area (Å²) in [5.41, 5.74) is 3.18. The lowest BCUT2D eigenvalue weighted by Gasteiger charge is -2.21. The minimum absolute atomic E-state index is 0.0927. The number of likely N-dealkylation sites (N-methyl/N-ethyl adjacent to an activating group) is 1. The average Bonchev–Trinajstić information content (AvgIpc) is 2.64. The van der Waals surface area contributed by atoms with Crippen molar-refractivity contribution in [3.05, 3.63) is 81.9 Å². The molecule has 5 heteroatoms. The minimum Gasteiger partial charge on any atom is -0.395 e. The number of hydrogen-bond acceptors (Lipinski definition) is 4. The molecule has 5 nitrogen and oxygen atoms in total. The van der Waals surface area contributed by atoms with Crippen LogP contribution in [0.2, 0.25) is 0 Å². The Morgan fingerprint density at radius 1 is 1.00 bits per heavy atom. The number of aliphatic hydroxyl groups is 1. The fourth-order valence-electron chi connectivity index (χ4n) is 2.43. The molecule has 0 aromatic heterocycles. The van der Waals surface area contributed by atoms with Gasteiger partial charge in [-0.3, -0.25) is 10.1 Å². The predicted molar refractivity (Wildman–Crippen MR) is 103 cm³/mol. The summed E-state index contributed by atoms with van der Waals surface area (Å²) in [6.07, 6.45) is 7.73. The monoisotopic (exact) mass is 338 g/mol. The van der Waals surface area contributed by atoms with Crippen LogP contribution in [0.15, 0.2) is 60.7 Å². The van der Waals surface area contributed by atoms with Gasteiger partial charge < -0.3 is 10.0 Å². The maximum absolute atomic E-state index is 10.6. The van der Waals surface area contributed by atoms with Gasteiger partial charge in [-0.25, -0.2) is 0 Å². The number of hydrogen-bond donors (Lipinski definition) is 1. The molecule has 0 unspecified atom stereocenters. The molecule has 0 heterocycles. The van der Waals surface area contributed by atoms with Crippen molar-refractivity contribution in [1.82, 2.24) is 0 Å². The Kier molecular flexibility index (Phi) is 6.92. The van der Waals surface area contributed by atoms with Gasteiger partial charge in [0.15, 0.2) is 0 Å². The molecule has 0 saturated carbocycles. The molecule has 0 spiro atoms. The van der Waals surface area contributed by atoms with E-state index in [1.54, 1.807) is 12.1 Å². The first-order valence-corrected chi connectivity index (χ1v) is 8.19. The summed E-state index contributed by atoms with van der Waals surface area (Å²) in [5.74, 6) is 0. The molecule has 130 valence electrons. The Morgan fingerprint density at radius 2 is 1.52 bits per heavy atom. The van der Waals surface area contributed by atoms with Gasteiger partial charge in [-0.05, 0) is 42.3 Å². The van der Waals surface area contributed by atoms with Gasteiger partial charge in [-0.2, -0.15) is 0 Å². The topological polar surface area (TPSA) is 66.6 Å². The highest BCUT2D eigenvalue weighted by Gasteiger charge is 2.03. The van der Waals surface area contributed by atoms with Crippen LogP contribution in [0, 0.1) is 10.1 Å². The molecule has 2 rings (SSSR count). The molecular formula is C20H22N2O3. The molecule has 2 aromatic rings. The summed E-state index contributed by atoms with van der Waals surface area (Å²) < 4.78 is 0. The van der Waals surface area contributed by atoms with E-state index in [1.807, 2.05) is 48.6 Å². The lowest BCUT2D eigenvalue weighted by Crippen LogP contribution is -2.25. The van der Waals surface area contributed by atoms with E-state index in [-0.39, 0.29) is 12.3 Å². The van der Waals surface area contributed by atoms with E-state index in [2.05, 4.69) is 11.8 Å². The fourth-order valence-corrected chi connectivity index (χ4v) is 2.43. The molecule has 25 heavy (non-hydrogen) atoms. The fraction of sp³-hybridized carbons (Fsp3) is 0.200. The van der Waals surface area contributed by atoms with Crippen LogP contribution in [0.4, 0.5) is 11.4 Å². The summed E-state index contributed by atoms with van der Waals surface area (Å²) in [6.45, 7) is 3.69. The number of nitro groups is 1. The van der Waals surface area contributed by atoms with Crippen LogP contribution in [0.25, 0.3) is 12.2 Å². The van der Waals surface area contributed by atoms with E-state index >= 15 is 0 Å². The quantitative estimate of drug-likeness (QED) is 0.446. The summed E-state index contributed by atoms with van der Waals surface area (Å²) >= 11 is 0. The standard InChI is InChI=1S/C20H22N2O3/c1-2-21(15-16-23)19-11-7-17(8-12-19)5-3-4-6-18-9-13-20(14-10-18)22(24)25/h3-14,23H,2,15-16H2,1H3/b5-3+,6-4+. The molecule has 0 aliphatic heterocycles. The van der Waals surface area contributed by atoms with Gasteiger partial charge in [0.2, 0.25) is 0 Å². The maximum atomic E-state index is 10.6. The van der Waals surface area contributed by atoms with E-state index in [4.69, 9.17) is 5.11 Å². The van der Waals surface area contributed by atoms with Gasteiger partial charge in [-0.15, -0.1) is 0 Å². The van der Waals surface area contributed by atoms with Gasteiger partial charge in [0, 0.05) is 30.9 Å². The molecule has 0 aliphatic rings. The van der Waals surface area contributed by atoms with Gasteiger partial charge in [0.1, 0.15) is 0 Å². The van der Waals surface area contributed by atoms with Crippen molar-refractivity contribution in [2.24, 2.45) is 0 Å². The average molecular weight is 338 g/mol. The number of allylic oxidation sites excluding steroid dienone is 2. The Labute approximate surface area is 147 Å². The summed E-state index contributed by atoms with van der Waals surface area (Å²) in [4.78, 5) is 12.3. The number of non-ortho nitro benzene ring substituents is 1. The van der Waals surface area contributed by atoms with Crippen LogP contribution in [0.3, 0.4) is 0 Å². The zero-order valence-corrected chi connectivity index (χ0v) is 14.2. The number of anilines is 1. The molecule has 0 bridgehead atoms. The van der Waals surface area contributed by atoms with Crippen molar-refractivity contribution in [2.75, 3.05) is 24.6 Å². The molecular weight excluding hydrogens is 316 g/mol. The lowest BCUT2D eigenvalue weighted by molar-refractivity contribution is -0.384. The molecule has 2 aromatic carbocycles. The van der Waals surface area contributed by atoms with E-state index in [0.29, 0.717) is 6.54 Å². The van der Waals surface area contributed by atoms with Crippen LogP contribution >= 0.6 is 0 Å². The van der Waals surface area contributed by atoms with E-state index in [0.717, 1.165) is 23.4 Å². The number of nitrogens with zero attached hydrogens (tertiary/aromatic N) is 2. The van der Waals surface area contributed by atoms with Gasteiger partial charge in [0.05, 0.1) is 11.5 Å². The largest absolute Gasteiger partial charge is 0.395 e. The van der Waals surface area contributed by atoms with Gasteiger partial charge in [-0.1, -0.05) is 36.4 Å². The van der Waals surface area contributed by atoms with Crippen LogP contribution in [-0.4, -0.2) is 29.7 Å². The highest BCUT2D eigenvalue weighted by atomic mass is 16.6. The Bertz CT molecular complexity index is 735. The Balaban J connectivity index is 1.96. The number of nitro benzene ring substituents is 1. The predicted octanol–water partition coefficient (Wildman–Crippen LogP) is 4.14. The van der Waals surface area contributed by atoms with Crippen molar-refractivity contribution in [2.45, 2.75) is 6.92 Å². The van der Waals surface area contributed by atoms with Gasteiger partial charge in [0.25, 0.3) is 5.69 Å². The van der Waals surface area contributed by atoms with Crippen LogP contribution in [-0.2, 0) is 0 Å². The van der Waals surface area contributed by atoms with Crippen molar-refractivity contribution in [3.8, 4) is 0 Å². The third-order valence-corrected chi connectivity index (χ3v) is 3.80. The SMILES string of the molecule is CCN(CCO)c1ccc(/C=C/C=C/c2ccc([N+](=O)[O-])cc2)cc1. The number of benzene rings is 2. The molecule has 0 fully saturated rings. The maximum Gasteiger partial charge on any atom is 0.269 e. The minimum atomic E-state index is -0.405. The molecule has 0 radical (unpaired) electrons. The van der Waals surface area contributed by atoms with Crippen molar-refractivity contribution in [3.63, 3.8) is 0 Å². The van der Waals surface area contributed by atoms with E-state index in [1.165, 1.54) is 12.1 Å².